The number of anilines is 1. The largest absolute Gasteiger partial charge is 0.493 e. The smallest absolute Gasteiger partial charge is 0.270 e. The van der Waals surface area contributed by atoms with Crippen molar-refractivity contribution in [2.45, 2.75) is 13.8 Å². The number of halogens is 1. The molecule has 1 aliphatic heterocycles. The molecule has 3 rings (SSSR count). The van der Waals surface area contributed by atoms with Crippen molar-refractivity contribution in [2.75, 3.05) is 18.6 Å². The number of nitrogens with one attached hydrogen (secondary N) is 1. The highest BCUT2D eigenvalue weighted by Gasteiger charge is 2.34. The fraction of sp³-hybridized carbons (Fsp3) is 0.174. The number of hydrogen-bond donors (Lipinski definition) is 1. The molecular weight excluding hydrogens is 480 g/mol. The number of methoxy groups -OCH3 is 1. The maximum absolute atomic E-state index is 13.2. The van der Waals surface area contributed by atoms with Crippen LogP contribution in [0, 0.1) is 26.2 Å². The zero-order valence-corrected chi connectivity index (χ0v) is 19.5. The second kappa shape index (κ2) is 9.33. The number of benzene rings is 2. The van der Waals surface area contributed by atoms with Crippen LogP contribution in [0.1, 0.15) is 16.7 Å². The van der Waals surface area contributed by atoms with Gasteiger partial charge in [-0.15, -0.1) is 6.42 Å². The highest BCUT2D eigenvalue weighted by molar-refractivity contribution is 9.10. The molecule has 1 N–H and O–H groups in total. The molecule has 31 heavy (non-hydrogen) atoms. The van der Waals surface area contributed by atoms with E-state index < -0.39 is 11.8 Å². The van der Waals surface area contributed by atoms with E-state index in [1.807, 2.05) is 26.0 Å². The third-order valence-electron chi connectivity index (χ3n) is 4.71. The molecule has 0 atom stereocenters. The summed E-state index contributed by atoms with van der Waals surface area (Å²) in [7, 11) is 1.49. The Morgan fingerprint density at radius 1 is 1.23 bits per heavy atom. The summed E-state index contributed by atoms with van der Waals surface area (Å²) in [5.41, 5.74) is 3.18. The van der Waals surface area contributed by atoms with Crippen LogP contribution >= 0.6 is 28.1 Å². The van der Waals surface area contributed by atoms with Gasteiger partial charge in [0.05, 0.1) is 17.3 Å². The van der Waals surface area contributed by atoms with Gasteiger partial charge in [-0.3, -0.25) is 19.8 Å². The number of ether oxygens (including phenoxy) is 2. The van der Waals surface area contributed by atoms with Gasteiger partial charge in [0.1, 0.15) is 12.2 Å². The number of carbonyl (C=O) groups excluding carboxylic acids is 2. The lowest BCUT2D eigenvalue weighted by atomic mass is 10.0. The maximum atomic E-state index is 13.2. The Hall–Kier alpha value is -3.15. The van der Waals surface area contributed by atoms with Crippen molar-refractivity contribution in [1.82, 2.24) is 5.32 Å². The molecule has 0 bridgehead atoms. The van der Waals surface area contributed by atoms with Gasteiger partial charge < -0.3 is 9.47 Å². The van der Waals surface area contributed by atoms with Crippen molar-refractivity contribution in [3.63, 3.8) is 0 Å². The average Bonchev–Trinajstić information content (AvgIpc) is 2.72. The molecule has 1 fully saturated rings. The minimum atomic E-state index is -0.571. The fourth-order valence-electron chi connectivity index (χ4n) is 3.00. The number of carbonyl (C=O) groups is 2. The SMILES string of the molecule is C#CCOc1c(Br)cc(/C=C2\C(=O)NC(=S)N(c3ccc(C)c(C)c3)C2=O)cc1OC. The van der Waals surface area contributed by atoms with Crippen LogP contribution in [0.15, 0.2) is 40.4 Å². The Labute approximate surface area is 194 Å². The maximum Gasteiger partial charge on any atom is 0.270 e. The van der Waals surface area contributed by atoms with E-state index in [0.29, 0.717) is 27.2 Å². The van der Waals surface area contributed by atoms with E-state index in [9.17, 15) is 9.59 Å². The Morgan fingerprint density at radius 2 is 1.97 bits per heavy atom. The van der Waals surface area contributed by atoms with Gasteiger partial charge in [0.15, 0.2) is 16.6 Å². The van der Waals surface area contributed by atoms with E-state index in [2.05, 4.69) is 27.2 Å². The standard InChI is InChI=1S/C23H19BrN2O4S/c1-5-8-30-20-18(24)11-15(12-19(20)29-4)10-17-21(27)25-23(31)26(22(17)28)16-7-6-13(2)14(3)9-16/h1,6-7,9-12H,8H2,2-4H3,(H,25,27,31)/b17-10+. The second-order valence-electron chi connectivity index (χ2n) is 6.75. The number of thiocarbonyl (C=S) groups is 1. The topological polar surface area (TPSA) is 67.9 Å². The lowest BCUT2D eigenvalue weighted by Crippen LogP contribution is -2.54. The number of terminal acetylenes is 1. The Kier molecular flexibility index (Phi) is 6.78. The first kappa shape index (κ1) is 22.5. The van der Waals surface area contributed by atoms with E-state index in [0.717, 1.165) is 11.1 Å². The molecule has 1 heterocycles. The van der Waals surface area contributed by atoms with Crippen LogP contribution < -0.4 is 19.7 Å². The molecule has 0 aliphatic carbocycles. The summed E-state index contributed by atoms with van der Waals surface area (Å²) in [6, 6.07) is 8.90. The molecule has 6 nitrogen and oxygen atoms in total. The van der Waals surface area contributed by atoms with Gasteiger partial charge >= 0.3 is 0 Å². The molecular formula is C23H19BrN2O4S. The molecule has 158 valence electrons. The number of nitrogens with zero attached hydrogens (tertiary/aromatic N) is 1. The van der Waals surface area contributed by atoms with Crippen molar-refractivity contribution in [3.05, 3.63) is 57.1 Å². The first-order chi connectivity index (χ1) is 14.8. The monoisotopic (exact) mass is 498 g/mol. The molecule has 0 spiro atoms. The molecule has 8 heteroatoms. The van der Waals surface area contributed by atoms with Crippen molar-refractivity contribution in [3.8, 4) is 23.8 Å². The minimum Gasteiger partial charge on any atom is -0.493 e. The molecule has 1 saturated heterocycles. The van der Waals surface area contributed by atoms with Crippen LogP contribution in [0.25, 0.3) is 6.08 Å². The molecule has 0 saturated carbocycles. The predicted molar refractivity (Wildman–Crippen MR) is 127 cm³/mol. The van der Waals surface area contributed by atoms with Crippen LogP contribution in [0.5, 0.6) is 11.5 Å². The fourth-order valence-corrected chi connectivity index (χ4v) is 3.86. The summed E-state index contributed by atoms with van der Waals surface area (Å²) in [6.45, 7) is 3.99. The molecule has 0 aromatic heterocycles. The Balaban J connectivity index is 2.03. The van der Waals surface area contributed by atoms with Crippen LogP contribution in [-0.4, -0.2) is 30.6 Å². The van der Waals surface area contributed by atoms with Crippen LogP contribution in [0.2, 0.25) is 0 Å². The minimum absolute atomic E-state index is 0.0344. The normalized spacial score (nSPS) is 15.0. The van der Waals surface area contributed by atoms with Crippen molar-refractivity contribution >= 4 is 56.8 Å². The average molecular weight is 499 g/mol. The Bertz CT molecular complexity index is 1170. The molecule has 2 amide bonds. The van der Waals surface area contributed by atoms with E-state index in [4.69, 9.17) is 28.1 Å². The van der Waals surface area contributed by atoms with E-state index in [-0.39, 0.29) is 17.3 Å². The van der Waals surface area contributed by atoms with E-state index >= 15 is 0 Å². The van der Waals surface area contributed by atoms with Crippen molar-refractivity contribution in [2.24, 2.45) is 0 Å². The van der Waals surface area contributed by atoms with Crippen LogP contribution in [0.3, 0.4) is 0 Å². The van der Waals surface area contributed by atoms with Gasteiger partial charge in [0.25, 0.3) is 11.8 Å². The molecule has 2 aromatic rings. The molecule has 1 aliphatic rings. The van der Waals surface area contributed by atoms with Gasteiger partial charge in [-0.25, -0.2) is 0 Å². The van der Waals surface area contributed by atoms with Crippen molar-refractivity contribution in [1.29, 1.82) is 0 Å². The Morgan fingerprint density at radius 3 is 2.61 bits per heavy atom. The van der Waals surface area contributed by atoms with Crippen molar-refractivity contribution < 1.29 is 19.1 Å². The van der Waals surface area contributed by atoms with Gasteiger partial charge in [-0.05, 0) is 89.0 Å². The van der Waals surface area contributed by atoms with Crippen LogP contribution in [0.4, 0.5) is 5.69 Å². The zero-order chi connectivity index (χ0) is 22.7. The second-order valence-corrected chi connectivity index (χ2v) is 7.99. The van der Waals surface area contributed by atoms with E-state index in [1.165, 1.54) is 18.1 Å². The van der Waals surface area contributed by atoms with E-state index in [1.54, 1.807) is 18.2 Å². The first-order valence-corrected chi connectivity index (χ1v) is 10.4. The molecule has 0 unspecified atom stereocenters. The number of aryl methyl sites for hydroxylation is 2. The van der Waals surface area contributed by atoms with Gasteiger partial charge in [0, 0.05) is 0 Å². The predicted octanol–water partition coefficient (Wildman–Crippen LogP) is 3.92. The third kappa shape index (κ3) is 4.63. The summed E-state index contributed by atoms with van der Waals surface area (Å²) >= 11 is 8.68. The van der Waals surface area contributed by atoms with Gasteiger partial charge in [0.2, 0.25) is 0 Å². The van der Waals surface area contributed by atoms with Gasteiger partial charge in [-0.2, -0.15) is 0 Å². The quantitative estimate of drug-likeness (QED) is 0.293. The number of amides is 2. The summed E-state index contributed by atoms with van der Waals surface area (Å²) < 4.78 is 11.4. The lowest BCUT2D eigenvalue weighted by Gasteiger charge is -2.29. The zero-order valence-electron chi connectivity index (χ0n) is 17.1. The van der Waals surface area contributed by atoms with Gasteiger partial charge in [-0.1, -0.05) is 12.0 Å². The first-order valence-electron chi connectivity index (χ1n) is 9.19. The summed E-state index contributed by atoms with van der Waals surface area (Å²) in [6.07, 6.45) is 6.73. The molecule has 0 radical (unpaired) electrons. The number of rotatable bonds is 5. The number of hydrogen-bond acceptors (Lipinski definition) is 5. The highest BCUT2D eigenvalue weighted by Crippen LogP contribution is 2.37. The summed E-state index contributed by atoms with van der Waals surface area (Å²) in [5, 5.41) is 2.62. The summed E-state index contributed by atoms with van der Waals surface area (Å²) in [4.78, 5) is 27.1. The highest BCUT2D eigenvalue weighted by atomic mass is 79.9. The third-order valence-corrected chi connectivity index (χ3v) is 5.59. The van der Waals surface area contributed by atoms with Crippen LogP contribution in [-0.2, 0) is 9.59 Å². The summed E-state index contributed by atoms with van der Waals surface area (Å²) in [5.74, 6) is 2.14. The lowest BCUT2D eigenvalue weighted by molar-refractivity contribution is -0.122. The molecule has 2 aromatic carbocycles.